The molecule has 0 spiro atoms. The van der Waals surface area contributed by atoms with Crippen LogP contribution < -0.4 is 0 Å². The Hall–Kier alpha value is -3.14. The number of rotatable bonds is 6. The van der Waals surface area contributed by atoms with Crippen molar-refractivity contribution in [1.29, 1.82) is 0 Å². The molecule has 1 atom stereocenters. The Morgan fingerprint density at radius 2 is 2.24 bits per heavy atom. The molecule has 10 heteroatoms. The van der Waals surface area contributed by atoms with Gasteiger partial charge in [-0.15, -0.1) is 21.5 Å². The molecule has 0 unspecified atom stereocenters. The van der Waals surface area contributed by atoms with E-state index in [9.17, 15) is 14.9 Å². The van der Waals surface area contributed by atoms with Crippen molar-refractivity contribution in [1.82, 2.24) is 20.2 Å². The van der Waals surface area contributed by atoms with Crippen molar-refractivity contribution in [3.8, 4) is 10.7 Å². The predicted molar refractivity (Wildman–Crippen MR) is 88.7 cm³/mol. The predicted octanol–water partition coefficient (Wildman–Crippen LogP) is 2.61. The summed E-state index contributed by atoms with van der Waals surface area (Å²) in [6, 6.07) is 9.69. The van der Waals surface area contributed by atoms with Crippen molar-refractivity contribution in [2.45, 2.75) is 19.6 Å². The number of carbonyl (C=O) groups excluding carboxylic acids is 1. The van der Waals surface area contributed by atoms with Crippen molar-refractivity contribution in [3.63, 3.8) is 0 Å². The van der Waals surface area contributed by atoms with Gasteiger partial charge >= 0.3 is 5.97 Å². The fourth-order valence-electron chi connectivity index (χ4n) is 2.12. The zero-order valence-electron chi connectivity index (χ0n) is 13.1. The van der Waals surface area contributed by atoms with Gasteiger partial charge in [0, 0.05) is 12.1 Å². The molecule has 3 aromatic rings. The molecule has 0 N–H and O–H groups in total. The number of non-ortho nitro benzene ring substituents is 1. The maximum atomic E-state index is 12.0. The van der Waals surface area contributed by atoms with Gasteiger partial charge < -0.3 is 4.74 Å². The number of esters is 1. The first-order valence-corrected chi connectivity index (χ1v) is 8.16. The van der Waals surface area contributed by atoms with E-state index in [1.54, 1.807) is 19.1 Å². The number of tetrazole rings is 1. The molecule has 0 saturated carbocycles. The molecule has 2 aromatic heterocycles. The number of nitrogens with zero attached hydrogens (tertiary/aromatic N) is 5. The van der Waals surface area contributed by atoms with Crippen molar-refractivity contribution in [2.24, 2.45) is 0 Å². The van der Waals surface area contributed by atoms with Crippen LogP contribution in [0.3, 0.4) is 0 Å². The molecule has 0 aliphatic heterocycles. The number of nitro benzene ring substituents is 1. The van der Waals surface area contributed by atoms with E-state index in [-0.39, 0.29) is 12.2 Å². The summed E-state index contributed by atoms with van der Waals surface area (Å²) >= 11 is 1.47. The van der Waals surface area contributed by atoms with E-state index in [0.29, 0.717) is 11.4 Å². The van der Waals surface area contributed by atoms with Gasteiger partial charge in [0.2, 0.25) is 5.82 Å². The third kappa shape index (κ3) is 4.04. The first-order chi connectivity index (χ1) is 12.0. The van der Waals surface area contributed by atoms with Gasteiger partial charge in [-0.2, -0.15) is 4.80 Å². The lowest BCUT2D eigenvalue weighted by Crippen LogP contribution is -2.17. The van der Waals surface area contributed by atoms with Gasteiger partial charge in [-0.1, -0.05) is 18.2 Å². The molecule has 9 nitrogen and oxygen atoms in total. The van der Waals surface area contributed by atoms with E-state index < -0.39 is 17.0 Å². The second-order valence-corrected chi connectivity index (χ2v) is 6.05. The van der Waals surface area contributed by atoms with Crippen LogP contribution in [0.4, 0.5) is 5.69 Å². The van der Waals surface area contributed by atoms with E-state index in [2.05, 4.69) is 15.4 Å². The van der Waals surface area contributed by atoms with E-state index in [4.69, 9.17) is 4.74 Å². The number of carbonyl (C=O) groups is 1. The van der Waals surface area contributed by atoms with Gasteiger partial charge in [0.15, 0.2) is 6.54 Å². The van der Waals surface area contributed by atoms with Gasteiger partial charge in [0.1, 0.15) is 6.10 Å². The molecule has 1 aromatic carbocycles. The average molecular weight is 359 g/mol. The van der Waals surface area contributed by atoms with Crippen LogP contribution in [0.1, 0.15) is 18.6 Å². The second-order valence-electron chi connectivity index (χ2n) is 5.10. The van der Waals surface area contributed by atoms with E-state index in [1.165, 1.54) is 23.5 Å². The fourth-order valence-corrected chi connectivity index (χ4v) is 2.77. The lowest BCUT2D eigenvalue weighted by Gasteiger charge is -2.13. The number of hydrogen-bond acceptors (Lipinski definition) is 8. The lowest BCUT2D eigenvalue weighted by molar-refractivity contribution is -0.385. The van der Waals surface area contributed by atoms with Gasteiger partial charge in [-0.05, 0) is 29.1 Å². The maximum absolute atomic E-state index is 12.0. The van der Waals surface area contributed by atoms with Gasteiger partial charge in [-0.3, -0.25) is 10.1 Å². The Bertz CT molecular complexity index is 893. The first kappa shape index (κ1) is 16.7. The Balaban J connectivity index is 1.62. The number of thiophene rings is 1. The molecular formula is C15H13N5O4S. The monoisotopic (exact) mass is 359 g/mol. The summed E-state index contributed by atoms with van der Waals surface area (Å²) in [5.74, 6) is -0.122. The summed E-state index contributed by atoms with van der Waals surface area (Å²) < 4.78 is 5.29. The van der Waals surface area contributed by atoms with Crippen molar-refractivity contribution < 1.29 is 14.5 Å². The smallest absolute Gasteiger partial charge is 0.330 e. The van der Waals surface area contributed by atoms with Crippen molar-refractivity contribution in [3.05, 3.63) is 57.5 Å². The highest BCUT2D eigenvalue weighted by atomic mass is 32.1. The average Bonchev–Trinajstić information content (AvgIpc) is 3.26. The molecule has 0 aliphatic carbocycles. The second kappa shape index (κ2) is 7.18. The molecule has 2 heterocycles. The number of hydrogen-bond donors (Lipinski definition) is 0. The third-order valence-electron chi connectivity index (χ3n) is 3.32. The van der Waals surface area contributed by atoms with Crippen LogP contribution in [0.5, 0.6) is 0 Å². The summed E-state index contributed by atoms with van der Waals surface area (Å²) in [5.41, 5.74) is 0.479. The quantitative estimate of drug-likeness (QED) is 0.377. The normalized spacial score (nSPS) is 11.9. The molecule has 3 rings (SSSR count). The summed E-state index contributed by atoms with van der Waals surface area (Å²) in [5, 5.41) is 24.5. The Morgan fingerprint density at radius 3 is 2.96 bits per heavy atom. The molecule has 0 aliphatic rings. The summed E-state index contributed by atoms with van der Waals surface area (Å²) in [4.78, 5) is 24.3. The van der Waals surface area contributed by atoms with Crippen molar-refractivity contribution >= 4 is 23.0 Å². The molecule has 128 valence electrons. The summed E-state index contributed by atoms with van der Waals surface area (Å²) in [7, 11) is 0. The lowest BCUT2D eigenvalue weighted by atomic mass is 10.1. The zero-order valence-corrected chi connectivity index (χ0v) is 13.9. The zero-order chi connectivity index (χ0) is 17.8. The molecule has 0 fully saturated rings. The SMILES string of the molecule is C[C@H](OC(=O)Cn1nnc(-c2cccs2)n1)c1cccc([N+](=O)[O-])c1. The Morgan fingerprint density at radius 1 is 1.40 bits per heavy atom. The summed E-state index contributed by atoms with van der Waals surface area (Å²) in [6.07, 6.45) is -0.632. The van der Waals surface area contributed by atoms with Crippen LogP contribution in [-0.4, -0.2) is 31.1 Å². The largest absolute Gasteiger partial charge is 0.456 e. The minimum Gasteiger partial charge on any atom is -0.456 e. The van der Waals surface area contributed by atoms with Crippen LogP contribution in [0.2, 0.25) is 0 Å². The van der Waals surface area contributed by atoms with Gasteiger partial charge in [-0.25, -0.2) is 4.79 Å². The van der Waals surface area contributed by atoms with Gasteiger partial charge in [0.05, 0.1) is 9.80 Å². The van der Waals surface area contributed by atoms with E-state index >= 15 is 0 Å². The standard InChI is InChI=1S/C15H13N5O4S/c1-10(11-4-2-5-12(8-11)20(22)23)24-14(21)9-19-17-15(16-18-19)13-6-3-7-25-13/h2-8,10H,9H2,1H3/t10-/m0/s1. The minimum atomic E-state index is -0.632. The number of nitro groups is 1. The molecule has 25 heavy (non-hydrogen) atoms. The van der Waals surface area contributed by atoms with E-state index in [1.807, 2.05) is 17.5 Å². The molecule has 0 radical (unpaired) electrons. The topological polar surface area (TPSA) is 113 Å². The molecule has 0 amide bonds. The highest BCUT2D eigenvalue weighted by Crippen LogP contribution is 2.22. The maximum Gasteiger partial charge on any atom is 0.330 e. The van der Waals surface area contributed by atoms with Crippen LogP contribution in [-0.2, 0) is 16.1 Å². The van der Waals surface area contributed by atoms with Crippen molar-refractivity contribution in [2.75, 3.05) is 0 Å². The molecule has 0 saturated heterocycles. The third-order valence-corrected chi connectivity index (χ3v) is 4.19. The van der Waals surface area contributed by atoms with Crippen LogP contribution in [0.15, 0.2) is 41.8 Å². The molecule has 0 bridgehead atoms. The van der Waals surface area contributed by atoms with Crippen LogP contribution in [0, 0.1) is 10.1 Å². The van der Waals surface area contributed by atoms with Crippen LogP contribution in [0.25, 0.3) is 10.7 Å². The number of benzene rings is 1. The highest BCUT2D eigenvalue weighted by Gasteiger charge is 2.16. The minimum absolute atomic E-state index is 0.0565. The van der Waals surface area contributed by atoms with Gasteiger partial charge in [0.25, 0.3) is 5.69 Å². The highest BCUT2D eigenvalue weighted by molar-refractivity contribution is 7.13. The Labute approximate surface area is 146 Å². The van der Waals surface area contributed by atoms with Crippen LogP contribution >= 0.6 is 11.3 Å². The fraction of sp³-hybridized carbons (Fsp3) is 0.200. The first-order valence-electron chi connectivity index (χ1n) is 7.28. The Kier molecular flexibility index (Phi) is 4.80. The molecular weight excluding hydrogens is 346 g/mol. The number of ether oxygens (including phenoxy) is 1. The summed E-state index contributed by atoms with van der Waals surface area (Å²) in [6.45, 7) is 1.44. The number of aromatic nitrogens is 4. The van der Waals surface area contributed by atoms with E-state index in [0.717, 1.165) is 9.67 Å².